The molecule has 0 atom stereocenters. The number of phenols is 1. The Bertz CT molecular complexity index is 303. The van der Waals surface area contributed by atoms with Crippen LogP contribution in [0.1, 0.15) is 18.4 Å². The van der Waals surface area contributed by atoms with Crippen molar-refractivity contribution in [3.05, 3.63) is 35.9 Å². The van der Waals surface area contributed by atoms with Crippen molar-refractivity contribution in [2.75, 3.05) is 0 Å². The van der Waals surface area contributed by atoms with Gasteiger partial charge in [0.25, 0.3) is 0 Å². The Balaban J connectivity index is 2.58. The minimum Gasteiger partial charge on any atom is -0.507 e. The maximum Gasteiger partial charge on any atom is 0.198 e. The summed E-state index contributed by atoms with van der Waals surface area (Å²) in [6, 6.07) is 7.07. The summed E-state index contributed by atoms with van der Waals surface area (Å²) >= 11 is 0. The number of rotatable bonds is 4. The zero-order chi connectivity index (χ0) is 9.52. The third-order valence-corrected chi connectivity index (χ3v) is 1.65. The van der Waals surface area contributed by atoms with E-state index in [9.17, 15) is 9.90 Å². The first kappa shape index (κ1) is 9.52. The van der Waals surface area contributed by atoms with Crippen molar-refractivity contribution in [1.82, 2.24) is 0 Å². The van der Waals surface area contributed by atoms with E-state index in [2.05, 4.69) is 0 Å². The largest absolute Gasteiger partial charge is 0.507 e. The molecule has 0 saturated carbocycles. The second-order valence-corrected chi connectivity index (χ2v) is 2.64. The van der Waals surface area contributed by atoms with Gasteiger partial charge in [0.15, 0.2) is 6.29 Å². The fourth-order valence-corrected chi connectivity index (χ4v) is 0.981. The van der Waals surface area contributed by atoms with Gasteiger partial charge >= 0.3 is 0 Å². The molecule has 0 unspecified atom stereocenters. The Morgan fingerprint density at radius 1 is 1.38 bits per heavy atom. The van der Waals surface area contributed by atoms with Gasteiger partial charge in [0.2, 0.25) is 0 Å². The predicted molar refractivity (Wildman–Crippen MR) is 52.1 cm³/mol. The van der Waals surface area contributed by atoms with Gasteiger partial charge in [-0.1, -0.05) is 30.4 Å². The second kappa shape index (κ2) is 5.14. The van der Waals surface area contributed by atoms with Crippen LogP contribution in [-0.4, -0.2) is 11.4 Å². The van der Waals surface area contributed by atoms with E-state index in [1.807, 2.05) is 18.2 Å². The molecule has 0 aliphatic carbocycles. The minimum absolute atomic E-state index is 0.258. The first-order chi connectivity index (χ1) is 6.34. The lowest BCUT2D eigenvalue weighted by atomic mass is 10.1. The number of benzene rings is 1. The molecule has 1 aromatic carbocycles. The van der Waals surface area contributed by atoms with Crippen LogP contribution in [0.15, 0.2) is 30.3 Å². The summed E-state index contributed by atoms with van der Waals surface area (Å²) < 4.78 is 0. The van der Waals surface area contributed by atoms with Crippen molar-refractivity contribution in [2.24, 2.45) is 0 Å². The second-order valence-electron chi connectivity index (χ2n) is 2.64. The lowest BCUT2D eigenvalue weighted by Gasteiger charge is -1.95. The van der Waals surface area contributed by atoms with E-state index in [1.54, 1.807) is 24.5 Å². The molecule has 1 N–H and O–H groups in total. The van der Waals surface area contributed by atoms with E-state index in [-0.39, 0.29) is 5.75 Å². The van der Waals surface area contributed by atoms with Crippen molar-refractivity contribution in [3.8, 4) is 5.75 Å². The van der Waals surface area contributed by atoms with Crippen molar-refractivity contribution in [1.29, 1.82) is 0 Å². The molecule has 0 aliphatic rings. The molecule has 0 bridgehead atoms. The number of allylic oxidation sites excluding steroid dienone is 1. The van der Waals surface area contributed by atoms with Gasteiger partial charge in [-0.25, -0.2) is 0 Å². The van der Waals surface area contributed by atoms with E-state index < -0.39 is 0 Å². The first-order valence-electron chi connectivity index (χ1n) is 4.14. The minimum atomic E-state index is 0.258. The summed E-state index contributed by atoms with van der Waals surface area (Å²) in [6.07, 6.45) is 6.52. The molecule has 0 heterocycles. The molecule has 0 fully saturated rings. The van der Waals surface area contributed by atoms with Crippen LogP contribution in [0.25, 0.3) is 6.08 Å². The highest BCUT2D eigenvalue weighted by Gasteiger charge is 1.92. The predicted octanol–water partition coefficient (Wildman–Crippen LogP) is 2.30. The van der Waals surface area contributed by atoms with Gasteiger partial charge < -0.3 is 5.11 Å². The van der Waals surface area contributed by atoms with Crippen LogP contribution in [0.5, 0.6) is 5.75 Å². The summed E-state index contributed by atoms with van der Waals surface area (Å²) in [5.41, 5.74) is 0.772. The van der Waals surface area contributed by atoms with Gasteiger partial charge in [0, 0.05) is 12.0 Å². The average molecular weight is 175 g/mol. The molecule has 0 aromatic heterocycles. The normalized spacial score (nSPS) is 10.5. The maximum atomic E-state index is 9.87. The van der Waals surface area contributed by atoms with Gasteiger partial charge in [-0.15, -0.1) is 0 Å². The summed E-state index contributed by atoms with van der Waals surface area (Å²) in [4.78, 5) is 9.87. The molecule has 2 nitrogen and oxygen atoms in total. The molecule has 0 amide bonds. The number of hydrogen-bond acceptors (Lipinski definition) is 2. The molecule has 1 aromatic rings. The smallest absolute Gasteiger partial charge is 0.198 e. The Kier molecular flexibility index (Phi) is 3.76. The van der Waals surface area contributed by atoms with E-state index >= 15 is 0 Å². The van der Waals surface area contributed by atoms with Crippen LogP contribution in [0.3, 0.4) is 0 Å². The number of para-hydroxylation sites is 1. The molecule has 0 saturated heterocycles. The van der Waals surface area contributed by atoms with E-state index in [0.717, 1.165) is 5.56 Å². The number of phenolic OH excluding ortho intramolecular Hbond substituents is 1. The van der Waals surface area contributed by atoms with E-state index in [0.29, 0.717) is 12.8 Å². The summed E-state index contributed by atoms with van der Waals surface area (Å²) in [5, 5.41) is 9.34. The van der Waals surface area contributed by atoms with Crippen molar-refractivity contribution in [2.45, 2.75) is 12.8 Å². The number of aromatic hydroxyl groups is 1. The summed E-state index contributed by atoms with van der Waals surface area (Å²) in [7, 11) is 0. The molecule has 13 heavy (non-hydrogen) atoms. The average Bonchev–Trinajstić information content (AvgIpc) is 2.15. The van der Waals surface area contributed by atoms with Gasteiger partial charge in [0.1, 0.15) is 5.75 Å². The fraction of sp³-hybridized carbons (Fsp3) is 0.182. The summed E-state index contributed by atoms with van der Waals surface area (Å²) in [6.45, 7) is 0. The Morgan fingerprint density at radius 2 is 2.15 bits per heavy atom. The quantitative estimate of drug-likeness (QED) is 0.713. The van der Waals surface area contributed by atoms with Gasteiger partial charge in [-0.05, 0) is 12.5 Å². The number of unbranched alkanes of at least 4 members (excludes halogenated alkanes) is 1. The maximum absolute atomic E-state index is 9.87. The highest BCUT2D eigenvalue weighted by Crippen LogP contribution is 2.17. The van der Waals surface area contributed by atoms with Crippen molar-refractivity contribution >= 4 is 12.4 Å². The van der Waals surface area contributed by atoms with Crippen molar-refractivity contribution < 1.29 is 9.90 Å². The van der Waals surface area contributed by atoms with Gasteiger partial charge in [0.05, 0.1) is 0 Å². The molecule has 1 radical (unpaired) electrons. The molecule has 0 aliphatic heterocycles. The van der Waals surface area contributed by atoms with Crippen LogP contribution in [0, 0.1) is 0 Å². The topological polar surface area (TPSA) is 37.3 Å². The van der Waals surface area contributed by atoms with Crippen LogP contribution >= 0.6 is 0 Å². The SMILES string of the molecule is O=[C]CCC=Cc1ccccc1O. The van der Waals surface area contributed by atoms with Crippen LogP contribution in [0.2, 0.25) is 0 Å². The Morgan fingerprint density at radius 3 is 2.85 bits per heavy atom. The zero-order valence-corrected chi connectivity index (χ0v) is 7.23. The molecule has 1 rings (SSSR count). The van der Waals surface area contributed by atoms with E-state index in [4.69, 9.17) is 0 Å². The third-order valence-electron chi connectivity index (χ3n) is 1.65. The lowest BCUT2D eigenvalue weighted by molar-refractivity contribution is 0.474. The van der Waals surface area contributed by atoms with Crippen LogP contribution < -0.4 is 0 Å². The zero-order valence-electron chi connectivity index (χ0n) is 7.23. The van der Waals surface area contributed by atoms with Crippen molar-refractivity contribution in [3.63, 3.8) is 0 Å². The fourth-order valence-electron chi connectivity index (χ4n) is 0.981. The van der Waals surface area contributed by atoms with Gasteiger partial charge in [-0.3, -0.25) is 4.79 Å². The first-order valence-corrected chi connectivity index (χ1v) is 4.14. The highest BCUT2D eigenvalue weighted by molar-refractivity contribution is 5.57. The number of hydrogen-bond donors (Lipinski definition) is 1. The van der Waals surface area contributed by atoms with Crippen LogP contribution in [-0.2, 0) is 4.79 Å². The lowest BCUT2D eigenvalue weighted by Crippen LogP contribution is -1.74. The monoisotopic (exact) mass is 175 g/mol. The molecule has 67 valence electrons. The molecule has 0 spiro atoms. The summed E-state index contributed by atoms with van der Waals surface area (Å²) in [5.74, 6) is 0.258. The molecular weight excluding hydrogens is 164 g/mol. The molecular formula is C11H11O2. The Hall–Kier alpha value is -1.57. The number of carbonyl (C=O) groups excluding carboxylic acids is 1. The highest BCUT2D eigenvalue weighted by atomic mass is 16.3. The third kappa shape index (κ3) is 3.11. The van der Waals surface area contributed by atoms with E-state index in [1.165, 1.54) is 0 Å². The Labute approximate surface area is 77.5 Å². The standard InChI is InChI=1S/C11H11O2/c12-9-5-1-2-6-10-7-3-4-8-11(10)13/h2-4,6-8,13H,1,5H2. The van der Waals surface area contributed by atoms with Crippen LogP contribution in [0.4, 0.5) is 0 Å². The van der Waals surface area contributed by atoms with Gasteiger partial charge in [-0.2, -0.15) is 0 Å². The molecule has 2 heteroatoms.